The Balaban J connectivity index is 2.27. The monoisotopic (exact) mass is 183 g/mol. The zero-order valence-electron chi connectivity index (χ0n) is 6.65. The maximum Gasteiger partial charge on any atom is 0.0757 e. The third kappa shape index (κ3) is 1.19. The van der Waals surface area contributed by atoms with Gasteiger partial charge in [-0.05, 0) is 36.6 Å². The summed E-state index contributed by atoms with van der Waals surface area (Å²) in [6.07, 6.45) is 5.57. The molecule has 2 aliphatic carbocycles. The lowest BCUT2D eigenvalue weighted by Gasteiger charge is -2.22. The highest BCUT2D eigenvalue weighted by Gasteiger charge is 2.35. The van der Waals surface area contributed by atoms with Gasteiger partial charge >= 0.3 is 0 Å². The first kappa shape index (κ1) is 7.96. The van der Waals surface area contributed by atoms with E-state index in [1.807, 2.05) is 0 Å². The summed E-state index contributed by atoms with van der Waals surface area (Å²) < 4.78 is 0. The van der Waals surface area contributed by atoms with Crippen LogP contribution in [0.4, 0.5) is 0 Å². The van der Waals surface area contributed by atoms with Gasteiger partial charge in [-0.15, -0.1) is 0 Å². The van der Waals surface area contributed by atoms with Crippen molar-refractivity contribution in [3.63, 3.8) is 0 Å². The molecule has 0 aromatic carbocycles. The van der Waals surface area contributed by atoms with E-state index < -0.39 is 0 Å². The average molecular weight is 184 g/mol. The van der Waals surface area contributed by atoms with Gasteiger partial charge in [-0.25, -0.2) is 0 Å². The minimum Gasteiger partial charge on any atom is -0.0890 e. The Hall–Kier alpha value is -0.660. The van der Waals surface area contributed by atoms with Crippen LogP contribution in [0.3, 0.4) is 0 Å². The smallest absolute Gasteiger partial charge is 0.0757 e. The summed E-state index contributed by atoms with van der Waals surface area (Å²) in [5.74, 6) is 1.15. The second-order valence-electron chi connectivity index (χ2n) is 3.53. The van der Waals surface area contributed by atoms with Crippen LogP contribution in [0, 0.1) is 11.8 Å². The van der Waals surface area contributed by atoms with E-state index in [1.54, 1.807) is 0 Å². The highest BCUT2D eigenvalue weighted by atomic mass is 35.5. The Bertz CT molecular complexity index is 267. The summed E-state index contributed by atoms with van der Waals surface area (Å²) in [6.45, 7) is 0. The first-order chi connectivity index (χ1) is 5.81. The molecule has 0 aromatic rings. The molecule has 1 saturated carbocycles. The summed E-state index contributed by atoms with van der Waals surface area (Å²) in [5.41, 5.74) is 8.34. The molecule has 64 valence electrons. The molecule has 3 nitrogen and oxygen atoms in total. The van der Waals surface area contributed by atoms with Crippen LogP contribution in [-0.2, 0) is 0 Å². The van der Waals surface area contributed by atoms with Crippen molar-refractivity contribution in [2.24, 2.45) is 17.0 Å². The predicted molar refractivity (Wildman–Crippen MR) is 47.7 cm³/mol. The van der Waals surface area contributed by atoms with Crippen LogP contribution in [0.2, 0.25) is 0 Å². The fraction of sp³-hybridized carbons (Fsp3) is 0.750. The summed E-state index contributed by atoms with van der Waals surface area (Å²) >= 11 is 5.99. The fourth-order valence-electron chi connectivity index (χ4n) is 2.24. The quantitative estimate of drug-likeness (QED) is 0.341. The Labute approximate surface area is 76.0 Å². The van der Waals surface area contributed by atoms with Gasteiger partial charge in [0.1, 0.15) is 0 Å². The van der Waals surface area contributed by atoms with Gasteiger partial charge in [0.15, 0.2) is 0 Å². The molecular weight excluding hydrogens is 174 g/mol. The molecule has 0 radical (unpaired) electrons. The lowest BCUT2D eigenvalue weighted by Crippen LogP contribution is -2.19. The van der Waals surface area contributed by atoms with Crippen molar-refractivity contribution in [2.45, 2.75) is 25.3 Å². The Morgan fingerprint density at radius 3 is 3.17 bits per heavy atom. The third-order valence-corrected chi connectivity index (χ3v) is 3.16. The first-order valence-electron chi connectivity index (χ1n) is 4.22. The van der Waals surface area contributed by atoms with Gasteiger partial charge in [-0.1, -0.05) is 22.8 Å². The molecule has 0 N–H and O–H groups in total. The van der Waals surface area contributed by atoms with Gasteiger partial charge in [0.2, 0.25) is 0 Å². The lowest BCUT2D eigenvalue weighted by atomic mass is 9.91. The van der Waals surface area contributed by atoms with E-state index in [2.05, 4.69) is 16.1 Å². The highest BCUT2D eigenvalue weighted by molar-refractivity contribution is 6.30. The fourth-order valence-corrected chi connectivity index (χ4v) is 2.64. The molecular formula is C8H10ClN3. The Morgan fingerprint density at radius 2 is 2.42 bits per heavy atom. The number of azide groups is 1. The Kier molecular flexibility index (Phi) is 1.99. The number of rotatable bonds is 1. The van der Waals surface area contributed by atoms with E-state index in [4.69, 9.17) is 17.1 Å². The SMILES string of the molecule is [N-]=[N+]=N[C@H]1C(Cl)=C[C@@H]2CC[C@H]1C2. The first-order valence-corrected chi connectivity index (χ1v) is 4.60. The number of allylic oxidation sites excluding steroid dienone is 1. The van der Waals surface area contributed by atoms with E-state index in [0.29, 0.717) is 11.8 Å². The second kappa shape index (κ2) is 3.00. The molecule has 2 rings (SSSR count). The lowest BCUT2D eigenvalue weighted by molar-refractivity contribution is 0.454. The second-order valence-corrected chi connectivity index (χ2v) is 3.97. The van der Waals surface area contributed by atoms with Crippen molar-refractivity contribution in [2.75, 3.05) is 0 Å². The van der Waals surface area contributed by atoms with Crippen LogP contribution in [0.1, 0.15) is 19.3 Å². The highest BCUT2D eigenvalue weighted by Crippen LogP contribution is 2.43. The molecule has 4 heteroatoms. The Morgan fingerprint density at radius 1 is 1.58 bits per heavy atom. The van der Waals surface area contributed by atoms with Crippen molar-refractivity contribution in [1.29, 1.82) is 0 Å². The predicted octanol–water partition coefficient (Wildman–Crippen LogP) is 3.22. The number of nitrogens with zero attached hydrogens (tertiary/aromatic N) is 3. The minimum absolute atomic E-state index is 0.0737. The average Bonchev–Trinajstić information content (AvgIpc) is 2.43. The number of hydrogen-bond donors (Lipinski definition) is 0. The normalized spacial score (nSPS) is 38.8. The summed E-state index contributed by atoms with van der Waals surface area (Å²) in [7, 11) is 0. The van der Waals surface area contributed by atoms with Crippen molar-refractivity contribution in [3.05, 3.63) is 21.6 Å². The molecule has 0 spiro atoms. The largest absolute Gasteiger partial charge is 0.0890 e. The van der Waals surface area contributed by atoms with E-state index in [1.165, 1.54) is 6.42 Å². The molecule has 1 fully saturated rings. The van der Waals surface area contributed by atoms with Crippen molar-refractivity contribution in [1.82, 2.24) is 0 Å². The van der Waals surface area contributed by atoms with Gasteiger partial charge in [0, 0.05) is 9.94 Å². The third-order valence-electron chi connectivity index (χ3n) is 2.81. The van der Waals surface area contributed by atoms with Gasteiger partial charge in [-0.3, -0.25) is 0 Å². The van der Waals surface area contributed by atoms with Gasteiger partial charge in [0.05, 0.1) is 6.04 Å². The molecule has 2 bridgehead atoms. The van der Waals surface area contributed by atoms with E-state index in [0.717, 1.165) is 17.9 Å². The van der Waals surface area contributed by atoms with E-state index in [9.17, 15) is 0 Å². The molecule has 0 unspecified atom stereocenters. The molecule has 0 aliphatic heterocycles. The number of halogens is 1. The van der Waals surface area contributed by atoms with Gasteiger partial charge < -0.3 is 0 Å². The van der Waals surface area contributed by atoms with Crippen LogP contribution in [0.5, 0.6) is 0 Å². The molecule has 0 amide bonds. The number of hydrogen-bond acceptors (Lipinski definition) is 1. The molecule has 2 aliphatic rings. The molecule has 0 aromatic heterocycles. The van der Waals surface area contributed by atoms with Crippen molar-refractivity contribution >= 4 is 11.6 Å². The molecule has 0 heterocycles. The summed E-state index contributed by atoms with van der Waals surface area (Å²) in [4.78, 5) is 2.83. The zero-order chi connectivity index (χ0) is 8.55. The van der Waals surface area contributed by atoms with E-state index in [-0.39, 0.29) is 6.04 Å². The molecule has 12 heavy (non-hydrogen) atoms. The molecule has 0 saturated heterocycles. The standard InChI is InChI=1S/C8H10ClN3/c9-7-4-5-1-2-6(3-5)8(7)11-12-10/h4-6,8H,1-3H2/t5-,6+,8-/m1/s1. The van der Waals surface area contributed by atoms with Crippen LogP contribution in [-0.4, -0.2) is 6.04 Å². The van der Waals surface area contributed by atoms with Crippen LogP contribution < -0.4 is 0 Å². The maximum atomic E-state index is 8.34. The van der Waals surface area contributed by atoms with Crippen LogP contribution >= 0.6 is 11.6 Å². The topological polar surface area (TPSA) is 48.8 Å². The van der Waals surface area contributed by atoms with Crippen LogP contribution in [0.25, 0.3) is 10.4 Å². The van der Waals surface area contributed by atoms with Crippen molar-refractivity contribution in [3.8, 4) is 0 Å². The number of fused-ring (bicyclic) bond motifs is 2. The minimum atomic E-state index is -0.0737. The van der Waals surface area contributed by atoms with E-state index >= 15 is 0 Å². The van der Waals surface area contributed by atoms with Crippen molar-refractivity contribution < 1.29 is 0 Å². The van der Waals surface area contributed by atoms with Gasteiger partial charge in [-0.2, -0.15) is 0 Å². The summed E-state index contributed by atoms with van der Waals surface area (Å²) in [5, 5.41) is 4.48. The van der Waals surface area contributed by atoms with Crippen LogP contribution in [0.15, 0.2) is 16.2 Å². The summed E-state index contributed by atoms with van der Waals surface area (Å²) in [6, 6.07) is -0.0737. The maximum absolute atomic E-state index is 8.34. The van der Waals surface area contributed by atoms with Gasteiger partial charge in [0.25, 0.3) is 0 Å². The zero-order valence-corrected chi connectivity index (χ0v) is 7.41. The molecule has 3 atom stereocenters.